The molecule has 0 unspecified atom stereocenters. The summed E-state index contributed by atoms with van der Waals surface area (Å²) < 4.78 is 18.7. The molecule has 1 radical (unpaired) electrons. The Morgan fingerprint density at radius 3 is 2.88 bits per heavy atom. The van der Waals surface area contributed by atoms with Crippen molar-refractivity contribution in [3.63, 3.8) is 0 Å². The van der Waals surface area contributed by atoms with Crippen molar-refractivity contribution in [3.8, 4) is 5.75 Å². The molecule has 2 aromatic carbocycles. The maximum Gasteiger partial charge on any atom is 0.286 e. The topological polar surface area (TPSA) is 90.1 Å². The highest BCUT2D eigenvalue weighted by Gasteiger charge is 2.13. The van der Waals surface area contributed by atoms with E-state index in [4.69, 9.17) is 22.1 Å². The number of nitrogens with one attached hydrogen (secondary N) is 1. The van der Waals surface area contributed by atoms with Crippen molar-refractivity contribution in [1.29, 1.82) is 0 Å². The van der Waals surface area contributed by atoms with Gasteiger partial charge in [0.15, 0.2) is 0 Å². The number of aromatic nitrogens is 2. The number of primary amides is 1. The van der Waals surface area contributed by atoms with E-state index in [0.29, 0.717) is 34.8 Å². The maximum atomic E-state index is 13.3. The number of carbonyl (C=O) groups excluding carboxylic acids is 1. The monoisotopic (exact) mass is 359 g/mol. The van der Waals surface area contributed by atoms with Gasteiger partial charge < -0.3 is 15.8 Å². The van der Waals surface area contributed by atoms with Gasteiger partial charge >= 0.3 is 0 Å². The number of fused-ring (bicyclic) bond motifs is 1. The minimum absolute atomic E-state index is 0.0383. The number of benzene rings is 2. The minimum atomic E-state index is -0.770. The van der Waals surface area contributed by atoms with E-state index in [1.807, 2.05) is 6.92 Å². The van der Waals surface area contributed by atoms with Crippen LogP contribution in [0.4, 0.5) is 15.9 Å². The van der Waals surface area contributed by atoms with E-state index in [-0.39, 0.29) is 10.8 Å². The van der Waals surface area contributed by atoms with Gasteiger partial charge in [0.2, 0.25) is 5.82 Å². The predicted molar refractivity (Wildman–Crippen MR) is 92.8 cm³/mol. The van der Waals surface area contributed by atoms with Crippen molar-refractivity contribution in [2.75, 3.05) is 11.9 Å². The molecule has 1 amide bonds. The van der Waals surface area contributed by atoms with Crippen molar-refractivity contribution in [1.82, 2.24) is 9.97 Å². The zero-order chi connectivity index (χ0) is 18.0. The van der Waals surface area contributed by atoms with Gasteiger partial charge in [-0.05, 0) is 31.2 Å². The lowest BCUT2D eigenvalue weighted by Crippen LogP contribution is -2.16. The third kappa shape index (κ3) is 3.61. The van der Waals surface area contributed by atoms with Gasteiger partial charge in [0, 0.05) is 23.2 Å². The predicted octanol–water partition coefficient (Wildman–Crippen LogP) is 3.46. The van der Waals surface area contributed by atoms with Crippen molar-refractivity contribution in [2.24, 2.45) is 5.73 Å². The van der Waals surface area contributed by atoms with E-state index in [0.717, 1.165) is 0 Å². The molecule has 0 fully saturated rings. The average Bonchev–Trinajstić information content (AvgIpc) is 2.58. The van der Waals surface area contributed by atoms with Crippen LogP contribution in [0, 0.1) is 11.9 Å². The number of nitrogens with zero attached hydrogens (tertiary/aromatic N) is 2. The molecule has 127 valence electrons. The van der Waals surface area contributed by atoms with Gasteiger partial charge in [-0.1, -0.05) is 11.6 Å². The third-order valence-electron chi connectivity index (χ3n) is 3.30. The molecule has 0 aliphatic rings. The molecule has 0 saturated heterocycles. The fraction of sp³-hybridized carbons (Fsp3) is 0.118. The second kappa shape index (κ2) is 6.90. The van der Waals surface area contributed by atoms with E-state index in [1.54, 1.807) is 12.1 Å². The van der Waals surface area contributed by atoms with Crippen LogP contribution in [-0.4, -0.2) is 22.5 Å². The Bertz CT molecular complexity index is 965. The van der Waals surface area contributed by atoms with Crippen molar-refractivity contribution >= 4 is 39.9 Å². The van der Waals surface area contributed by atoms with Crippen molar-refractivity contribution in [2.45, 2.75) is 6.92 Å². The molecule has 8 heteroatoms. The summed E-state index contributed by atoms with van der Waals surface area (Å²) in [6.07, 6.45) is 0. The lowest BCUT2D eigenvalue weighted by molar-refractivity contribution is 0.0991. The van der Waals surface area contributed by atoms with E-state index in [2.05, 4.69) is 21.4 Å². The number of rotatable bonds is 5. The Kier molecular flexibility index (Phi) is 4.67. The third-order valence-corrected chi connectivity index (χ3v) is 3.59. The van der Waals surface area contributed by atoms with E-state index < -0.39 is 11.7 Å². The fourth-order valence-electron chi connectivity index (χ4n) is 2.20. The van der Waals surface area contributed by atoms with Crippen LogP contribution in [0.25, 0.3) is 10.9 Å². The van der Waals surface area contributed by atoms with Gasteiger partial charge in [0.1, 0.15) is 17.4 Å². The quantitative estimate of drug-likeness (QED) is 0.728. The molecule has 25 heavy (non-hydrogen) atoms. The summed E-state index contributed by atoms with van der Waals surface area (Å²) in [5, 5.41) is 3.54. The van der Waals surface area contributed by atoms with Gasteiger partial charge in [-0.2, -0.15) is 0 Å². The molecular formula is C17H13ClFN4O2. The number of amides is 1. The Hall–Kier alpha value is -2.93. The fourth-order valence-corrected chi connectivity index (χ4v) is 2.38. The summed E-state index contributed by atoms with van der Waals surface area (Å²) in [5.74, 6) is -0.655. The van der Waals surface area contributed by atoms with Gasteiger partial charge in [-0.15, -0.1) is 0 Å². The molecule has 0 spiro atoms. The van der Waals surface area contributed by atoms with Crippen molar-refractivity contribution in [3.05, 3.63) is 53.1 Å². The zero-order valence-corrected chi connectivity index (χ0v) is 13.9. The van der Waals surface area contributed by atoms with Crippen LogP contribution in [-0.2, 0) is 0 Å². The lowest BCUT2D eigenvalue weighted by atomic mass is 10.2. The molecule has 6 nitrogen and oxygen atoms in total. The van der Waals surface area contributed by atoms with Gasteiger partial charge in [-0.25, -0.2) is 14.4 Å². The molecule has 0 aliphatic carbocycles. The summed E-state index contributed by atoms with van der Waals surface area (Å²) in [7, 11) is 0. The van der Waals surface area contributed by atoms with Crippen LogP contribution in [0.5, 0.6) is 5.75 Å². The summed E-state index contributed by atoms with van der Waals surface area (Å²) >= 11 is 5.79. The summed E-state index contributed by atoms with van der Waals surface area (Å²) in [6.45, 7) is 2.31. The Morgan fingerprint density at radius 1 is 1.40 bits per heavy atom. The normalized spacial score (nSPS) is 10.7. The summed E-state index contributed by atoms with van der Waals surface area (Å²) in [6, 6.07) is 10.4. The van der Waals surface area contributed by atoms with Crippen molar-refractivity contribution < 1.29 is 13.9 Å². The molecule has 0 bridgehead atoms. The largest absolute Gasteiger partial charge is 0.493 e. The standard InChI is InChI=1S/C17H13ClFN4O2/c1-2-25-10-4-5-11-14(8-10)22-17(15(20)24)23-16(11)21-9-3-6-13(19)12(18)7-9/h3,5-8H,2H2,1H3,(H2,20,24)(H,21,22,23). The number of halogens is 2. The van der Waals surface area contributed by atoms with Gasteiger partial charge in [0.25, 0.3) is 5.91 Å². The smallest absolute Gasteiger partial charge is 0.286 e. The highest BCUT2D eigenvalue weighted by Crippen LogP contribution is 2.28. The van der Waals surface area contributed by atoms with Crippen LogP contribution in [0.2, 0.25) is 5.02 Å². The summed E-state index contributed by atoms with van der Waals surface area (Å²) in [5.41, 5.74) is 6.26. The summed E-state index contributed by atoms with van der Waals surface area (Å²) in [4.78, 5) is 19.8. The number of nitrogens with two attached hydrogens (primary N) is 1. The molecule has 1 aromatic heterocycles. The van der Waals surface area contributed by atoms with E-state index in [1.165, 1.54) is 18.2 Å². The van der Waals surface area contributed by atoms with Crippen LogP contribution < -0.4 is 15.8 Å². The molecule has 3 N–H and O–H groups in total. The molecule has 3 rings (SSSR count). The second-order valence-corrected chi connectivity index (χ2v) is 5.45. The Morgan fingerprint density at radius 2 is 2.20 bits per heavy atom. The molecule has 1 heterocycles. The van der Waals surface area contributed by atoms with Gasteiger partial charge in [-0.3, -0.25) is 4.79 Å². The van der Waals surface area contributed by atoms with Crippen LogP contribution in [0.3, 0.4) is 0 Å². The number of anilines is 2. The second-order valence-electron chi connectivity index (χ2n) is 5.04. The van der Waals surface area contributed by atoms with Crippen LogP contribution in [0.15, 0.2) is 30.3 Å². The van der Waals surface area contributed by atoms with Crippen LogP contribution >= 0.6 is 11.6 Å². The minimum Gasteiger partial charge on any atom is -0.493 e. The number of hydrogen-bond acceptors (Lipinski definition) is 5. The number of carbonyl (C=O) groups is 1. The first-order chi connectivity index (χ1) is 12.0. The molecule has 0 atom stereocenters. The number of hydrogen-bond donors (Lipinski definition) is 2. The SMILES string of the molecule is CCOc1[c]cc2c(Nc3ccc(F)c(Cl)c3)nc(C(N)=O)nc2c1. The van der Waals surface area contributed by atoms with Crippen LogP contribution in [0.1, 0.15) is 17.5 Å². The molecule has 0 aliphatic heterocycles. The average molecular weight is 360 g/mol. The Labute approximate surface area is 147 Å². The first kappa shape index (κ1) is 16.9. The van der Waals surface area contributed by atoms with E-state index >= 15 is 0 Å². The lowest BCUT2D eigenvalue weighted by Gasteiger charge is -2.11. The highest BCUT2D eigenvalue weighted by molar-refractivity contribution is 6.31. The van der Waals surface area contributed by atoms with E-state index in [9.17, 15) is 9.18 Å². The maximum absolute atomic E-state index is 13.3. The first-order valence-electron chi connectivity index (χ1n) is 7.36. The molecule has 3 aromatic rings. The zero-order valence-electron chi connectivity index (χ0n) is 13.1. The highest BCUT2D eigenvalue weighted by atomic mass is 35.5. The number of ether oxygens (including phenoxy) is 1. The molecule has 0 saturated carbocycles. The Balaban J connectivity index is 2.11. The first-order valence-corrected chi connectivity index (χ1v) is 7.74. The molecular weight excluding hydrogens is 347 g/mol. The van der Waals surface area contributed by atoms with Gasteiger partial charge in [0.05, 0.1) is 17.1 Å².